The van der Waals surface area contributed by atoms with Gasteiger partial charge in [-0.05, 0) is 51.9 Å². The molecule has 17 heavy (non-hydrogen) atoms. The molecule has 1 fully saturated rings. The molecular weight excluding hydrogens is 278 g/mol. The van der Waals surface area contributed by atoms with E-state index < -0.39 is 0 Å². The van der Waals surface area contributed by atoms with Gasteiger partial charge in [-0.1, -0.05) is 20.8 Å². The summed E-state index contributed by atoms with van der Waals surface area (Å²) in [6, 6.07) is 4.34. The van der Waals surface area contributed by atoms with E-state index in [1.54, 1.807) is 7.11 Å². The number of rotatable bonds is 2. The molecule has 0 amide bonds. The van der Waals surface area contributed by atoms with Gasteiger partial charge in [-0.25, -0.2) is 0 Å². The standard InChI is InChI=1S/C14H20BrNO/c1-13(2,3)9-7-10(14(16)5-6-14)12(17-4)11(15)8-9/h7-8H,5-6,16H2,1-4H3. The van der Waals surface area contributed by atoms with E-state index in [0.29, 0.717) is 0 Å². The molecular formula is C14H20BrNO. The Morgan fingerprint density at radius 1 is 1.29 bits per heavy atom. The summed E-state index contributed by atoms with van der Waals surface area (Å²) in [6.45, 7) is 6.63. The van der Waals surface area contributed by atoms with Gasteiger partial charge < -0.3 is 10.5 Å². The number of nitrogens with two attached hydrogens (primary N) is 1. The number of ether oxygens (including phenoxy) is 1. The maximum absolute atomic E-state index is 6.32. The van der Waals surface area contributed by atoms with Gasteiger partial charge in [-0.15, -0.1) is 0 Å². The van der Waals surface area contributed by atoms with Crippen LogP contribution >= 0.6 is 15.9 Å². The van der Waals surface area contributed by atoms with Crippen molar-refractivity contribution in [3.63, 3.8) is 0 Å². The highest BCUT2D eigenvalue weighted by Crippen LogP contribution is 2.49. The van der Waals surface area contributed by atoms with Gasteiger partial charge >= 0.3 is 0 Å². The summed E-state index contributed by atoms with van der Waals surface area (Å²) in [5, 5.41) is 0. The van der Waals surface area contributed by atoms with Crippen molar-refractivity contribution in [2.24, 2.45) is 5.73 Å². The average Bonchev–Trinajstić information content (AvgIpc) is 2.95. The third-order valence-corrected chi connectivity index (χ3v) is 4.03. The molecule has 0 heterocycles. The van der Waals surface area contributed by atoms with E-state index in [9.17, 15) is 0 Å². The predicted molar refractivity (Wildman–Crippen MR) is 74.5 cm³/mol. The molecule has 2 nitrogen and oxygen atoms in total. The van der Waals surface area contributed by atoms with E-state index in [1.165, 1.54) is 5.56 Å². The lowest BCUT2D eigenvalue weighted by Crippen LogP contribution is -2.22. The lowest BCUT2D eigenvalue weighted by atomic mass is 9.85. The highest BCUT2D eigenvalue weighted by molar-refractivity contribution is 9.10. The second-order valence-corrected chi connectivity index (χ2v) is 6.80. The Morgan fingerprint density at radius 3 is 2.29 bits per heavy atom. The quantitative estimate of drug-likeness (QED) is 0.903. The van der Waals surface area contributed by atoms with Gasteiger partial charge in [0, 0.05) is 11.1 Å². The van der Waals surface area contributed by atoms with Crippen molar-refractivity contribution in [3.05, 3.63) is 27.7 Å². The molecule has 0 bridgehead atoms. The largest absolute Gasteiger partial charge is 0.495 e. The molecule has 0 aliphatic heterocycles. The van der Waals surface area contributed by atoms with Gasteiger partial charge in [-0.3, -0.25) is 0 Å². The van der Waals surface area contributed by atoms with Crippen LogP contribution in [0.3, 0.4) is 0 Å². The molecule has 1 aromatic rings. The van der Waals surface area contributed by atoms with Crippen molar-refractivity contribution in [3.8, 4) is 5.75 Å². The molecule has 1 saturated carbocycles. The SMILES string of the molecule is COc1c(Br)cc(C(C)(C)C)cc1C1(N)CC1. The highest BCUT2D eigenvalue weighted by Gasteiger charge is 2.43. The number of methoxy groups -OCH3 is 1. The van der Waals surface area contributed by atoms with Gasteiger partial charge in [-0.2, -0.15) is 0 Å². The average molecular weight is 298 g/mol. The van der Waals surface area contributed by atoms with Crippen molar-refractivity contribution in [1.29, 1.82) is 0 Å². The van der Waals surface area contributed by atoms with Gasteiger partial charge in [0.2, 0.25) is 0 Å². The second kappa shape index (κ2) is 3.99. The highest BCUT2D eigenvalue weighted by atomic mass is 79.9. The third-order valence-electron chi connectivity index (χ3n) is 3.44. The Bertz CT molecular complexity index is 444. The topological polar surface area (TPSA) is 35.2 Å². The van der Waals surface area contributed by atoms with Crippen LogP contribution in [0, 0.1) is 0 Å². The molecule has 1 aliphatic rings. The first-order valence-electron chi connectivity index (χ1n) is 5.95. The minimum atomic E-state index is -0.172. The molecule has 1 aromatic carbocycles. The zero-order valence-electron chi connectivity index (χ0n) is 10.9. The first-order chi connectivity index (χ1) is 7.78. The van der Waals surface area contributed by atoms with Crippen LogP contribution in [-0.4, -0.2) is 7.11 Å². The molecule has 0 atom stereocenters. The maximum Gasteiger partial charge on any atom is 0.138 e. The summed E-state index contributed by atoms with van der Waals surface area (Å²) in [7, 11) is 1.70. The summed E-state index contributed by atoms with van der Waals surface area (Å²) >= 11 is 3.59. The molecule has 0 radical (unpaired) electrons. The van der Waals surface area contributed by atoms with E-state index in [0.717, 1.165) is 28.6 Å². The van der Waals surface area contributed by atoms with E-state index >= 15 is 0 Å². The van der Waals surface area contributed by atoms with Gasteiger partial charge in [0.05, 0.1) is 11.6 Å². The number of benzene rings is 1. The van der Waals surface area contributed by atoms with Crippen LogP contribution in [0.1, 0.15) is 44.7 Å². The zero-order chi connectivity index (χ0) is 12.8. The summed E-state index contributed by atoms with van der Waals surface area (Å²) in [5.41, 5.74) is 8.70. The van der Waals surface area contributed by atoms with Crippen molar-refractivity contribution in [1.82, 2.24) is 0 Å². The Morgan fingerprint density at radius 2 is 1.88 bits per heavy atom. The first-order valence-corrected chi connectivity index (χ1v) is 6.74. The predicted octanol–water partition coefficient (Wildman–Crippen LogP) is 3.70. The molecule has 1 aliphatic carbocycles. The smallest absolute Gasteiger partial charge is 0.138 e. The van der Waals surface area contributed by atoms with Crippen LogP contribution in [-0.2, 0) is 11.0 Å². The Balaban J connectivity index is 2.59. The van der Waals surface area contributed by atoms with Crippen LogP contribution in [0.2, 0.25) is 0 Å². The maximum atomic E-state index is 6.32. The molecule has 0 spiro atoms. The van der Waals surface area contributed by atoms with Crippen molar-refractivity contribution in [2.75, 3.05) is 7.11 Å². The van der Waals surface area contributed by atoms with Crippen LogP contribution in [0.25, 0.3) is 0 Å². The first kappa shape index (κ1) is 12.9. The van der Waals surface area contributed by atoms with Crippen molar-refractivity contribution >= 4 is 15.9 Å². The van der Waals surface area contributed by atoms with Gasteiger partial charge in [0.1, 0.15) is 5.75 Å². The van der Waals surface area contributed by atoms with Gasteiger partial charge in [0.15, 0.2) is 0 Å². The van der Waals surface area contributed by atoms with E-state index in [-0.39, 0.29) is 11.0 Å². The van der Waals surface area contributed by atoms with Crippen LogP contribution in [0.5, 0.6) is 5.75 Å². The van der Waals surface area contributed by atoms with Crippen LogP contribution in [0.15, 0.2) is 16.6 Å². The Hall–Kier alpha value is -0.540. The molecule has 0 aromatic heterocycles. The molecule has 3 heteroatoms. The normalized spacial score (nSPS) is 18.0. The molecule has 2 rings (SSSR count). The minimum absolute atomic E-state index is 0.120. The fourth-order valence-electron chi connectivity index (χ4n) is 2.01. The molecule has 2 N–H and O–H groups in total. The molecule has 0 unspecified atom stereocenters. The van der Waals surface area contributed by atoms with Crippen molar-refractivity contribution < 1.29 is 4.74 Å². The minimum Gasteiger partial charge on any atom is -0.495 e. The monoisotopic (exact) mass is 297 g/mol. The van der Waals surface area contributed by atoms with E-state index in [4.69, 9.17) is 10.5 Å². The van der Waals surface area contributed by atoms with E-state index in [1.807, 2.05) is 0 Å². The third kappa shape index (κ3) is 2.36. The lowest BCUT2D eigenvalue weighted by Gasteiger charge is -2.24. The molecule has 94 valence electrons. The fraction of sp³-hybridized carbons (Fsp3) is 0.571. The Kier molecular flexibility index (Phi) is 3.03. The summed E-state index contributed by atoms with van der Waals surface area (Å²) in [4.78, 5) is 0. The lowest BCUT2D eigenvalue weighted by molar-refractivity contribution is 0.401. The van der Waals surface area contributed by atoms with Crippen molar-refractivity contribution in [2.45, 2.75) is 44.6 Å². The second-order valence-electron chi connectivity index (χ2n) is 5.95. The number of hydrogen-bond acceptors (Lipinski definition) is 2. The molecule has 0 saturated heterocycles. The van der Waals surface area contributed by atoms with Crippen LogP contribution < -0.4 is 10.5 Å². The van der Waals surface area contributed by atoms with Crippen LogP contribution in [0.4, 0.5) is 0 Å². The Labute approximate surface area is 112 Å². The zero-order valence-corrected chi connectivity index (χ0v) is 12.5. The summed E-state index contributed by atoms with van der Waals surface area (Å²) in [6.07, 6.45) is 2.09. The number of halogens is 1. The fourth-order valence-corrected chi connectivity index (χ4v) is 2.63. The summed E-state index contributed by atoms with van der Waals surface area (Å²) < 4.78 is 6.48. The van der Waals surface area contributed by atoms with Gasteiger partial charge in [0.25, 0.3) is 0 Å². The van der Waals surface area contributed by atoms with E-state index in [2.05, 4.69) is 48.8 Å². The summed E-state index contributed by atoms with van der Waals surface area (Å²) in [5.74, 6) is 0.887. The number of hydrogen-bond donors (Lipinski definition) is 1.